The predicted molar refractivity (Wildman–Crippen MR) is 138 cm³/mol. The number of hydrogen-bond donors (Lipinski definition) is 1. The van der Waals surface area contributed by atoms with E-state index in [9.17, 15) is 9.18 Å². The summed E-state index contributed by atoms with van der Waals surface area (Å²) in [5.41, 5.74) is 3.61. The molecule has 188 valence electrons. The molecule has 2 aromatic heterocycles. The highest BCUT2D eigenvalue weighted by atomic mass is 19.1. The zero-order valence-corrected chi connectivity index (χ0v) is 21.1. The van der Waals surface area contributed by atoms with Crippen LogP contribution < -0.4 is 5.56 Å². The van der Waals surface area contributed by atoms with E-state index in [-0.39, 0.29) is 23.3 Å². The predicted octanol–water partition coefficient (Wildman–Crippen LogP) is 5.15. The average molecular weight is 489 g/mol. The van der Waals surface area contributed by atoms with Gasteiger partial charge in [0.15, 0.2) is 5.82 Å². The number of aromatic nitrogens is 5. The van der Waals surface area contributed by atoms with Crippen LogP contribution in [0.2, 0.25) is 0 Å². The topological polar surface area (TPSA) is 79.7 Å². The van der Waals surface area contributed by atoms with E-state index in [1.54, 1.807) is 12.1 Å². The molecule has 8 heteroatoms. The summed E-state index contributed by atoms with van der Waals surface area (Å²) in [5.74, 6) is 0.721. The van der Waals surface area contributed by atoms with Crippen LogP contribution in [0.1, 0.15) is 68.1 Å². The van der Waals surface area contributed by atoms with Crippen molar-refractivity contribution in [1.29, 1.82) is 0 Å². The Hall–Kier alpha value is -3.39. The fraction of sp³-hybridized carbons (Fsp3) is 0.429. The summed E-state index contributed by atoms with van der Waals surface area (Å²) in [5, 5.41) is 13.8. The van der Waals surface area contributed by atoms with E-state index < -0.39 is 0 Å². The van der Waals surface area contributed by atoms with Crippen molar-refractivity contribution in [3.8, 4) is 0 Å². The van der Waals surface area contributed by atoms with Gasteiger partial charge in [0.2, 0.25) is 0 Å². The van der Waals surface area contributed by atoms with E-state index in [4.69, 9.17) is 0 Å². The molecule has 0 spiro atoms. The van der Waals surface area contributed by atoms with Gasteiger partial charge in [0.05, 0.1) is 12.6 Å². The van der Waals surface area contributed by atoms with Gasteiger partial charge in [0.1, 0.15) is 5.82 Å². The minimum atomic E-state index is -0.265. The lowest BCUT2D eigenvalue weighted by atomic mass is 9.97. The molecule has 0 bridgehead atoms. The number of nitrogens with one attached hydrogen (secondary N) is 1. The summed E-state index contributed by atoms with van der Waals surface area (Å²) in [6, 6.07) is 14.9. The summed E-state index contributed by atoms with van der Waals surface area (Å²) in [6.07, 6.45) is 4.54. The number of nitrogens with zero attached hydrogens (tertiary/aromatic N) is 5. The van der Waals surface area contributed by atoms with E-state index in [1.807, 2.05) is 23.7 Å². The van der Waals surface area contributed by atoms with Gasteiger partial charge in [-0.2, -0.15) is 0 Å². The Morgan fingerprint density at radius 2 is 1.86 bits per heavy atom. The molecule has 2 aromatic carbocycles. The monoisotopic (exact) mass is 488 g/mol. The maximum Gasteiger partial charge on any atom is 0.252 e. The Kier molecular flexibility index (Phi) is 6.96. The van der Waals surface area contributed by atoms with Crippen LogP contribution in [0.5, 0.6) is 0 Å². The number of fused-ring (bicyclic) bond motifs is 1. The molecule has 1 aliphatic carbocycles. The summed E-state index contributed by atoms with van der Waals surface area (Å²) in [4.78, 5) is 18.7. The first-order chi connectivity index (χ1) is 17.4. The highest BCUT2D eigenvalue weighted by Crippen LogP contribution is 2.36. The molecular formula is C28H33FN6O. The van der Waals surface area contributed by atoms with Gasteiger partial charge < -0.3 is 4.98 Å². The summed E-state index contributed by atoms with van der Waals surface area (Å²) in [6.45, 7) is 7.36. The Labute approximate surface area is 210 Å². The zero-order valence-electron chi connectivity index (χ0n) is 21.1. The lowest BCUT2D eigenvalue weighted by Crippen LogP contribution is -2.41. The molecule has 0 aliphatic heterocycles. The molecule has 4 aromatic rings. The second-order valence-electron chi connectivity index (χ2n) is 10.3. The van der Waals surface area contributed by atoms with Gasteiger partial charge in [0, 0.05) is 23.7 Å². The molecule has 0 saturated heterocycles. The Morgan fingerprint density at radius 3 is 2.58 bits per heavy atom. The van der Waals surface area contributed by atoms with Gasteiger partial charge >= 0.3 is 0 Å². The summed E-state index contributed by atoms with van der Waals surface area (Å²) >= 11 is 0. The summed E-state index contributed by atoms with van der Waals surface area (Å²) < 4.78 is 15.2. The first kappa shape index (κ1) is 24.3. The third-order valence-corrected chi connectivity index (χ3v) is 7.28. The molecule has 36 heavy (non-hydrogen) atoms. The third kappa shape index (κ3) is 5.09. The van der Waals surface area contributed by atoms with Crippen molar-refractivity contribution in [2.75, 3.05) is 0 Å². The fourth-order valence-corrected chi connectivity index (χ4v) is 5.49. The van der Waals surface area contributed by atoms with Crippen molar-refractivity contribution in [2.45, 2.75) is 71.6 Å². The molecule has 0 amide bonds. The Bertz CT molecular complexity index is 1390. The largest absolute Gasteiger partial charge is 0.322 e. The van der Waals surface area contributed by atoms with Crippen LogP contribution in [0.4, 0.5) is 4.39 Å². The molecule has 2 heterocycles. The van der Waals surface area contributed by atoms with Crippen LogP contribution >= 0.6 is 0 Å². The number of H-pyrrole nitrogens is 1. The number of tetrazole rings is 1. The highest BCUT2D eigenvalue weighted by Gasteiger charge is 2.35. The zero-order chi connectivity index (χ0) is 25.2. The van der Waals surface area contributed by atoms with Crippen molar-refractivity contribution >= 4 is 10.9 Å². The van der Waals surface area contributed by atoms with Crippen molar-refractivity contribution in [3.05, 3.63) is 87.2 Å². The second kappa shape index (κ2) is 10.3. The van der Waals surface area contributed by atoms with Crippen LogP contribution in [-0.4, -0.2) is 36.1 Å². The normalized spacial score (nSPS) is 15.4. The van der Waals surface area contributed by atoms with Gasteiger partial charge in [-0.3, -0.25) is 9.69 Å². The third-order valence-electron chi connectivity index (χ3n) is 7.28. The minimum absolute atomic E-state index is 0.0514. The Balaban J connectivity index is 1.52. The number of rotatable bonds is 8. The number of pyridine rings is 1. The number of benzene rings is 2. The van der Waals surface area contributed by atoms with Gasteiger partial charge in [-0.25, -0.2) is 9.07 Å². The quantitative estimate of drug-likeness (QED) is 0.371. The molecule has 1 aliphatic rings. The van der Waals surface area contributed by atoms with Crippen molar-refractivity contribution in [1.82, 2.24) is 30.1 Å². The molecule has 5 rings (SSSR count). The SMILES string of the molecule is Cc1ccc2cc(CN(C3CCCC3)[C@@H](c3nnnn3Cc3ccc(F)cc3)C(C)C)c(=O)[nH]c2c1. The number of hydrogen-bond acceptors (Lipinski definition) is 5. The maximum atomic E-state index is 13.4. The van der Waals surface area contributed by atoms with Crippen LogP contribution in [-0.2, 0) is 13.1 Å². The second-order valence-corrected chi connectivity index (χ2v) is 10.3. The summed E-state index contributed by atoms with van der Waals surface area (Å²) in [7, 11) is 0. The van der Waals surface area contributed by atoms with Crippen LogP contribution in [0.15, 0.2) is 53.3 Å². The highest BCUT2D eigenvalue weighted by molar-refractivity contribution is 5.79. The van der Waals surface area contributed by atoms with Gasteiger partial charge in [-0.15, -0.1) is 5.10 Å². The standard InChI is InChI=1S/C28H33FN6O/c1-18(2)26(27-31-32-33-35(27)16-20-9-12-23(29)13-10-20)34(24-6-4-5-7-24)17-22-15-21-11-8-19(3)14-25(21)30-28(22)36/h8-15,18,24,26H,4-7,16-17H2,1-3H3,(H,30,36)/t26-/m1/s1. The van der Waals surface area contributed by atoms with E-state index in [0.29, 0.717) is 19.1 Å². The van der Waals surface area contributed by atoms with Gasteiger partial charge in [-0.05, 0) is 76.9 Å². The molecule has 1 atom stereocenters. The molecule has 1 fully saturated rings. The first-order valence-electron chi connectivity index (χ1n) is 12.8. The van der Waals surface area contributed by atoms with Gasteiger partial charge in [0.25, 0.3) is 5.56 Å². The van der Waals surface area contributed by atoms with Crippen molar-refractivity contribution < 1.29 is 4.39 Å². The van der Waals surface area contributed by atoms with Gasteiger partial charge in [-0.1, -0.05) is 51.0 Å². The molecule has 0 unspecified atom stereocenters. The van der Waals surface area contributed by atoms with Crippen LogP contribution in [0.3, 0.4) is 0 Å². The smallest absolute Gasteiger partial charge is 0.252 e. The fourth-order valence-electron chi connectivity index (χ4n) is 5.49. The van der Waals surface area contributed by atoms with E-state index in [1.165, 1.54) is 25.0 Å². The number of aryl methyl sites for hydroxylation is 1. The first-order valence-corrected chi connectivity index (χ1v) is 12.8. The van der Waals surface area contributed by atoms with Crippen molar-refractivity contribution in [3.63, 3.8) is 0 Å². The molecule has 1 N–H and O–H groups in total. The Morgan fingerprint density at radius 1 is 1.11 bits per heavy atom. The lowest BCUT2D eigenvalue weighted by molar-refractivity contribution is 0.0844. The minimum Gasteiger partial charge on any atom is -0.322 e. The number of halogens is 1. The van der Waals surface area contributed by atoms with Crippen LogP contribution in [0.25, 0.3) is 10.9 Å². The average Bonchev–Trinajstić information content (AvgIpc) is 3.53. The number of aromatic amines is 1. The van der Waals surface area contributed by atoms with Crippen molar-refractivity contribution in [2.24, 2.45) is 5.92 Å². The van der Waals surface area contributed by atoms with E-state index >= 15 is 0 Å². The maximum absolute atomic E-state index is 13.4. The molecule has 7 nitrogen and oxygen atoms in total. The molecular weight excluding hydrogens is 455 g/mol. The van der Waals surface area contributed by atoms with E-state index in [2.05, 4.69) is 51.4 Å². The lowest BCUT2D eigenvalue weighted by Gasteiger charge is -2.38. The van der Waals surface area contributed by atoms with E-state index in [0.717, 1.165) is 46.3 Å². The molecule has 0 radical (unpaired) electrons. The van der Waals surface area contributed by atoms with Crippen LogP contribution in [0, 0.1) is 18.7 Å². The molecule has 1 saturated carbocycles.